The lowest BCUT2D eigenvalue weighted by Gasteiger charge is -2.06. The highest BCUT2D eigenvalue weighted by Crippen LogP contribution is 2.20. The summed E-state index contributed by atoms with van der Waals surface area (Å²) < 4.78 is 12.3. The monoisotopic (exact) mass is 538 g/mol. The minimum absolute atomic E-state index is 0.796. The lowest BCUT2D eigenvalue weighted by Crippen LogP contribution is -1.96. The van der Waals surface area contributed by atoms with Crippen LogP contribution in [0.1, 0.15) is 54.9 Å². The van der Waals surface area contributed by atoms with Crippen LogP contribution in [0.15, 0.2) is 66.7 Å². The Morgan fingerprint density at radius 3 is 1.72 bits per heavy atom. The normalized spacial score (nSPS) is 11.3. The maximum atomic E-state index is 5.84. The average Bonchev–Trinajstić information content (AvgIpc) is 2.82. The highest BCUT2D eigenvalue weighted by molar-refractivity contribution is 14.1. The zero-order chi connectivity index (χ0) is 22.6. The fourth-order valence-corrected chi connectivity index (χ4v) is 4.04. The van der Waals surface area contributed by atoms with Gasteiger partial charge in [-0.05, 0) is 93.7 Å². The molecule has 3 aromatic rings. The van der Waals surface area contributed by atoms with E-state index < -0.39 is 0 Å². The number of hydrogen-bond donors (Lipinski definition) is 0. The molecule has 0 bridgehead atoms. The van der Waals surface area contributed by atoms with E-state index in [4.69, 9.17) is 9.47 Å². The predicted molar refractivity (Wildman–Crippen MR) is 146 cm³/mol. The summed E-state index contributed by atoms with van der Waals surface area (Å²) in [7, 11) is 1.68. The van der Waals surface area contributed by atoms with Crippen molar-refractivity contribution in [2.45, 2.75) is 32.6 Å². The zero-order valence-electron chi connectivity index (χ0n) is 18.9. The van der Waals surface area contributed by atoms with Crippen LogP contribution in [0.25, 0.3) is 24.3 Å². The summed E-state index contributed by atoms with van der Waals surface area (Å²) in [6.45, 7) is 3.02. The number of benzene rings is 3. The molecule has 3 heteroatoms. The first-order chi connectivity index (χ1) is 15.7. The first-order valence-corrected chi connectivity index (χ1v) is 12.3. The fourth-order valence-electron chi connectivity index (χ4n) is 3.32. The van der Waals surface area contributed by atoms with Gasteiger partial charge in [0.15, 0.2) is 0 Å². The first-order valence-electron chi connectivity index (χ1n) is 11.2. The van der Waals surface area contributed by atoms with E-state index in [9.17, 15) is 0 Å². The van der Waals surface area contributed by atoms with Crippen LogP contribution in [0.2, 0.25) is 0 Å². The van der Waals surface area contributed by atoms with Crippen molar-refractivity contribution in [3.63, 3.8) is 0 Å². The van der Waals surface area contributed by atoms with Gasteiger partial charge in [-0.25, -0.2) is 0 Å². The van der Waals surface area contributed by atoms with Gasteiger partial charge in [0.05, 0.1) is 13.7 Å². The van der Waals surface area contributed by atoms with Crippen LogP contribution >= 0.6 is 22.6 Å². The molecule has 0 radical (unpaired) electrons. The van der Waals surface area contributed by atoms with E-state index in [0.29, 0.717) is 0 Å². The molecule has 0 unspecified atom stereocenters. The Morgan fingerprint density at radius 2 is 1.19 bits per heavy atom. The Morgan fingerprint density at radius 1 is 0.656 bits per heavy atom. The molecular weight excluding hydrogens is 507 g/mol. The molecule has 0 aromatic heterocycles. The van der Waals surface area contributed by atoms with E-state index in [1.165, 1.54) is 34.0 Å². The van der Waals surface area contributed by atoms with Crippen LogP contribution in [0.3, 0.4) is 0 Å². The van der Waals surface area contributed by atoms with Gasteiger partial charge in [-0.1, -0.05) is 74.8 Å². The molecule has 0 aliphatic rings. The number of ether oxygens (including phenoxy) is 2. The molecule has 0 aliphatic heterocycles. The lowest BCUT2D eigenvalue weighted by molar-refractivity contribution is 0.305. The number of hydrogen-bond acceptors (Lipinski definition) is 2. The van der Waals surface area contributed by atoms with Crippen LogP contribution in [0.5, 0.6) is 11.5 Å². The number of methoxy groups -OCH3 is 1. The topological polar surface area (TPSA) is 18.5 Å². The lowest BCUT2D eigenvalue weighted by atomic mass is 10.1. The second-order valence-electron chi connectivity index (χ2n) is 7.74. The molecular formula is C29H31IO2. The maximum Gasteiger partial charge on any atom is 0.119 e. The molecule has 0 N–H and O–H groups in total. The smallest absolute Gasteiger partial charge is 0.119 e. The van der Waals surface area contributed by atoms with Crippen molar-refractivity contribution < 1.29 is 9.47 Å². The summed E-state index contributed by atoms with van der Waals surface area (Å²) >= 11 is 2.37. The summed E-state index contributed by atoms with van der Waals surface area (Å²) in [4.78, 5) is 0. The van der Waals surface area contributed by atoms with Crippen LogP contribution in [0, 0.1) is 3.57 Å². The van der Waals surface area contributed by atoms with Gasteiger partial charge in [0.1, 0.15) is 11.5 Å². The Hall–Kier alpha value is -2.53. The van der Waals surface area contributed by atoms with Gasteiger partial charge in [0.2, 0.25) is 0 Å². The van der Waals surface area contributed by atoms with Gasteiger partial charge in [0.25, 0.3) is 0 Å². The molecule has 3 rings (SSSR count). The summed E-state index contributed by atoms with van der Waals surface area (Å²) in [5, 5.41) is 0. The van der Waals surface area contributed by atoms with Crippen molar-refractivity contribution in [2.24, 2.45) is 0 Å². The second kappa shape index (κ2) is 13.1. The zero-order valence-corrected chi connectivity index (χ0v) is 21.0. The summed E-state index contributed by atoms with van der Waals surface area (Å²) in [6.07, 6.45) is 13.5. The molecule has 0 fully saturated rings. The fraction of sp³-hybridized carbons (Fsp3) is 0.241. The largest absolute Gasteiger partial charge is 0.497 e. The second-order valence-corrected chi connectivity index (χ2v) is 8.98. The van der Waals surface area contributed by atoms with Gasteiger partial charge in [0, 0.05) is 3.57 Å². The molecule has 32 heavy (non-hydrogen) atoms. The van der Waals surface area contributed by atoms with E-state index in [0.717, 1.165) is 35.7 Å². The molecule has 0 heterocycles. The third-order valence-electron chi connectivity index (χ3n) is 5.14. The third-order valence-corrected chi connectivity index (χ3v) is 5.76. The van der Waals surface area contributed by atoms with Gasteiger partial charge in [-0.2, -0.15) is 0 Å². The summed E-state index contributed by atoms with van der Waals surface area (Å²) in [6, 6.07) is 23.0. The van der Waals surface area contributed by atoms with E-state index >= 15 is 0 Å². The minimum Gasteiger partial charge on any atom is -0.497 e. The Labute approximate surface area is 206 Å². The van der Waals surface area contributed by atoms with E-state index in [2.05, 4.69) is 108 Å². The summed E-state index contributed by atoms with van der Waals surface area (Å²) in [5.41, 5.74) is 4.67. The highest BCUT2D eigenvalue weighted by atomic mass is 127. The van der Waals surface area contributed by atoms with Gasteiger partial charge < -0.3 is 9.47 Å². The Balaban J connectivity index is 1.60. The Bertz CT molecular complexity index is 1020. The molecule has 0 saturated carbocycles. The SMILES string of the molecule is CCCCCCOc1ccc(/C=C/c2cc(I)cc(/C=C/c3ccc(OC)cc3)c2)cc1. The van der Waals surface area contributed by atoms with Crippen molar-refractivity contribution in [1.82, 2.24) is 0 Å². The van der Waals surface area contributed by atoms with E-state index in [1.807, 2.05) is 12.1 Å². The van der Waals surface area contributed by atoms with Crippen molar-refractivity contribution in [3.05, 3.63) is 92.6 Å². The van der Waals surface area contributed by atoms with Gasteiger partial charge in [-0.3, -0.25) is 0 Å². The van der Waals surface area contributed by atoms with Crippen molar-refractivity contribution in [1.29, 1.82) is 0 Å². The quantitative estimate of drug-likeness (QED) is 0.138. The molecule has 0 atom stereocenters. The molecule has 3 aromatic carbocycles. The van der Waals surface area contributed by atoms with Crippen molar-refractivity contribution >= 4 is 46.9 Å². The van der Waals surface area contributed by atoms with Crippen LogP contribution in [0.4, 0.5) is 0 Å². The summed E-state index contributed by atoms with van der Waals surface area (Å²) in [5.74, 6) is 1.81. The average molecular weight is 538 g/mol. The minimum atomic E-state index is 0.796. The predicted octanol–water partition coefficient (Wildman–Crippen LogP) is 8.60. The molecule has 0 aliphatic carbocycles. The molecule has 0 saturated heterocycles. The van der Waals surface area contributed by atoms with E-state index in [1.54, 1.807) is 7.11 Å². The first kappa shape index (κ1) is 24.1. The third kappa shape index (κ3) is 8.19. The van der Waals surface area contributed by atoms with E-state index in [-0.39, 0.29) is 0 Å². The van der Waals surface area contributed by atoms with Crippen LogP contribution in [-0.2, 0) is 0 Å². The maximum absolute atomic E-state index is 5.84. The van der Waals surface area contributed by atoms with Gasteiger partial charge in [-0.15, -0.1) is 0 Å². The molecule has 0 amide bonds. The molecule has 0 spiro atoms. The van der Waals surface area contributed by atoms with Gasteiger partial charge >= 0.3 is 0 Å². The van der Waals surface area contributed by atoms with Crippen molar-refractivity contribution in [3.8, 4) is 11.5 Å². The Kier molecular flexibility index (Phi) is 9.89. The number of halogens is 1. The number of rotatable bonds is 11. The highest BCUT2D eigenvalue weighted by Gasteiger charge is 1.98. The van der Waals surface area contributed by atoms with Crippen LogP contribution < -0.4 is 9.47 Å². The van der Waals surface area contributed by atoms with Crippen LogP contribution in [-0.4, -0.2) is 13.7 Å². The number of unbranched alkanes of at least 4 members (excludes halogenated alkanes) is 3. The molecule has 166 valence electrons. The standard InChI is InChI=1S/C29H31IO2/c1-3-4-5-6-19-32-29-17-13-24(14-18-29)8-10-26-20-25(21-27(30)22-26)9-7-23-11-15-28(31-2)16-12-23/h7-18,20-22H,3-6,19H2,1-2H3/b9-7+,10-8+. The molecule has 2 nitrogen and oxygen atoms in total. The van der Waals surface area contributed by atoms with Crippen molar-refractivity contribution in [2.75, 3.05) is 13.7 Å².